The summed E-state index contributed by atoms with van der Waals surface area (Å²) in [6, 6.07) is 6.96. The van der Waals surface area contributed by atoms with Crippen LogP contribution < -0.4 is 4.90 Å². The summed E-state index contributed by atoms with van der Waals surface area (Å²) in [7, 11) is 0. The number of hydrogen-bond acceptors (Lipinski definition) is 3. The highest BCUT2D eigenvalue weighted by atomic mass is 16.5. The van der Waals surface area contributed by atoms with E-state index in [0.717, 1.165) is 6.54 Å². The number of benzene rings is 1. The third-order valence-corrected chi connectivity index (χ3v) is 3.96. The van der Waals surface area contributed by atoms with E-state index in [1.807, 2.05) is 0 Å². The Morgan fingerprint density at radius 1 is 1.32 bits per heavy atom. The molecule has 1 N–H and O–H groups in total. The Kier molecular flexibility index (Phi) is 4.16. The monoisotopic (exact) mass is 263 g/mol. The standard InChI is InChI=1S/C16H25NO2/c1-12(2)17(8-16(9-18)10-19-11-16)15-7-13(3)5-6-14(15)4/h5-7,12,18H,8-11H2,1-4H3. The van der Waals surface area contributed by atoms with Gasteiger partial charge in [-0.05, 0) is 44.9 Å². The van der Waals surface area contributed by atoms with Crippen LogP contribution in [-0.2, 0) is 4.74 Å². The minimum atomic E-state index is -0.0829. The SMILES string of the molecule is Cc1ccc(C)c(N(CC2(CO)COC2)C(C)C)c1. The quantitative estimate of drug-likeness (QED) is 0.886. The van der Waals surface area contributed by atoms with E-state index in [4.69, 9.17) is 4.74 Å². The first-order chi connectivity index (χ1) is 8.97. The van der Waals surface area contributed by atoms with Crippen molar-refractivity contribution in [2.75, 3.05) is 31.3 Å². The summed E-state index contributed by atoms with van der Waals surface area (Å²) in [5, 5.41) is 9.63. The Morgan fingerprint density at radius 3 is 2.47 bits per heavy atom. The van der Waals surface area contributed by atoms with Crippen molar-refractivity contribution in [1.29, 1.82) is 0 Å². The fraction of sp³-hybridized carbons (Fsp3) is 0.625. The van der Waals surface area contributed by atoms with Crippen molar-refractivity contribution < 1.29 is 9.84 Å². The van der Waals surface area contributed by atoms with Crippen molar-refractivity contribution in [3.63, 3.8) is 0 Å². The predicted octanol–water partition coefficient (Wildman–Crippen LogP) is 2.53. The summed E-state index contributed by atoms with van der Waals surface area (Å²) < 4.78 is 5.31. The highest BCUT2D eigenvalue weighted by Gasteiger charge is 2.40. The lowest BCUT2D eigenvalue weighted by atomic mass is 9.85. The van der Waals surface area contributed by atoms with Crippen molar-refractivity contribution in [3.05, 3.63) is 29.3 Å². The molecule has 0 saturated carbocycles. The van der Waals surface area contributed by atoms with Gasteiger partial charge < -0.3 is 14.7 Å². The minimum absolute atomic E-state index is 0.0829. The van der Waals surface area contributed by atoms with E-state index >= 15 is 0 Å². The Morgan fingerprint density at radius 2 is 2.00 bits per heavy atom. The van der Waals surface area contributed by atoms with Crippen LogP contribution in [0.15, 0.2) is 18.2 Å². The lowest BCUT2D eigenvalue weighted by molar-refractivity contribution is -0.131. The van der Waals surface area contributed by atoms with Crippen LogP contribution >= 0.6 is 0 Å². The second kappa shape index (κ2) is 5.51. The molecular formula is C16H25NO2. The molecular weight excluding hydrogens is 238 g/mol. The molecule has 0 aliphatic carbocycles. The molecule has 1 heterocycles. The van der Waals surface area contributed by atoms with Crippen LogP contribution in [0.1, 0.15) is 25.0 Å². The molecule has 0 amide bonds. The maximum atomic E-state index is 9.63. The van der Waals surface area contributed by atoms with Gasteiger partial charge in [-0.1, -0.05) is 12.1 Å². The molecule has 1 saturated heterocycles. The van der Waals surface area contributed by atoms with Gasteiger partial charge in [-0.15, -0.1) is 0 Å². The summed E-state index contributed by atoms with van der Waals surface area (Å²) in [5.41, 5.74) is 3.75. The van der Waals surface area contributed by atoms with Crippen molar-refractivity contribution in [2.24, 2.45) is 5.41 Å². The Labute approximate surface area is 116 Å². The van der Waals surface area contributed by atoms with E-state index < -0.39 is 0 Å². The summed E-state index contributed by atoms with van der Waals surface area (Å²) in [6.07, 6.45) is 0. The normalized spacial score (nSPS) is 17.4. The number of aliphatic hydroxyl groups excluding tert-OH is 1. The number of rotatable bonds is 5. The first-order valence-corrected chi connectivity index (χ1v) is 7.00. The molecule has 3 heteroatoms. The molecule has 2 rings (SSSR count). The van der Waals surface area contributed by atoms with Crippen LogP contribution in [0.25, 0.3) is 0 Å². The largest absolute Gasteiger partial charge is 0.396 e. The predicted molar refractivity (Wildman–Crippen MR) is 78.7 cm³/mol. The smallest absolute Gasteiger partial charge is 0.0584 e. The molecule has 0 spiro atoms. The summed E-state index contributed by atoms with van der Waals surface area (Å²) >= 11 is 0. The lowest BCUT2D eigenvalue weighted by Gasteiger charge is -2.45. The van der Waals surface area contributed by atoms with Crippen molar-refractivity contribution in [1.82, 2.24) is 0 Å². The van der Waals surface area contributed by atoms with E-state index in [2.05, 4.69) is 50.8 Å². The number of anilines is 1. The lowest BCUT2D eigenvalue weighted by Crippen LogP contribution is -2.54. The second-order valence-corrected chi connectivity index (χ2v) is 6.16. The van der Waals surface area contributed by atoms with Crippen molar-refractivity contribution in [2.45, 2.75) is 33.7 Å². The molecule has 106 valence electrons. The average Bonchev–Trinajstić information content (AvgIpc) is 2.32. The van der Waals surface area contributed by atoms with Gasteiger partial charge in [0.2, 0.25) is 0 Å². The zero-order valence-electron chi connectivity index (χ0n) is 12.4. The van der Waals surface area contributed by atoms with Crippen LogP contribution in [-0.4, -0.2) is 37.5 Å². The number of aliphatic hydroxyl groups is 1. The average molecular weight is 263 g/mol. The van der Waals surface area contributed by atoms with Gasteiger partial charge in [-0.25, -0.2) is 0 Å². The van der Waals surface area contributed by atoms with Gasteiger partial charge in [0, 0.05) is 18.3 Å². The molecule has 0 radical (unpaired) electrons. The molecule has 3 nitrogen and oxygen atoms in total. The molecule has 0 aromatic heterocycles. The zero-order valence-corrected chi connectivity index (χ0v) is 12.4. The van der Waals surface area contributed by atoms with E-state index in [-0.39, 0.29) is 12.0 Å². The fourth-order valence-electron chi connectivity index (χ4n) is 2.56. The minimum Gasteiger partial charge on any atom is -0.396 e. The molecule has 1 aliphatic heterocycles. The third-order valence-electron chi connectivity index (χ3n) is 3.96. The molecule has 0 bridgehead atoms. The van der Waals surface area contributed by atoms with Crippen LogP contribution in [0.5, 0.6) is 0 Å². The topological polar surface area (TPSA) is 32.7 Å². The fourth-order valence-corrected chi connectivity index (χ4v) is 2.56. The Balaban J connectivity index is 2.27. The van der Waals surface area contributed by atoms with E-state index in [9.17, 15) is 5.11 Å². The van der Waals surface area contributed by atoms with Gasteiger partial charge in [-0.2, -0.15) is 0 Å². The highest BCUT2D eigenvalue weighted by Crippen LogP contribution is 2.32. The van der Waals surface area contributed by atoms with Crippen LogP contribution in [0.4, 0.5) is 5.69 Å². The Hall–Kier alpha value is -1.06. The zero-order chi connectivity index (χ0) is 14.0. The van der Waals surface area contributed by atoms with Gasteiger partial charge in [0.15, 0.2) is 0 Å². The maximum absolute atomic E-state index is 9.63. The number of aryl methyl sites for hydroxylation is 2. The van der Waals surface area contributed by atoms with Crippen molar-refractivity contribution >= 4 is 5.69 Å². The van der Waals surface area contributed by atoms with Gasteiger partial charge >= 0.3 is 0 Å². The summed E-state index contributed by atoms with van der Waals surface area (Å²) in [4.78, 5) is 2.39. The van der Waals surface area contributed by atoms with E-state index in [1.54, 1.807) is 0 Å². The Bertz CT molecular complexity index is 433. The second-order valence-electron chi connectivity index (χ2n) is 6.16. The molecule has 19 heavy (non-hydrogen) atoms. The van der Waals surface area contributed by atoms with Crippen LogP contribution in [0.2, 0.25) is 0 Å². The van der Waals surface area contributed by atoms with Gasteiger partial charge in [0.25, 0.3) is 0 Å². The van der Waals surface area contributed by atoms with Crippen LogP contribution in [0, 0.1) is 19.3 Å². The molecule has 1 aliphatic rings. The summed E-state index contributed by atoms with van der Waals surface area (Å²) in [5.74, 6) is 0. The summed E-state index contributed by atoms with van der Waals surface area (Å²) in [6.45, 7) is 11.0. The maximum Gasteiger partial charge on any atom is 0.0584 e. The first-order valence-electron chi connectivity index (χ1n) is 7.00. The van der Waals surface area contributed by atoms with Gasteiger partial charge in [0.05, 0.1) is 25.2 Å². The molecule has 0 atom stereocenters. The number of ether oxygens (including phenoxy) is 1. The highest BCUT2D eigenvalue weighted by molar-refractivity contribution is 5.55. The first kappa shape index (κ1) is 14.4. The van der Waals surface area contributed by atoms with E-state index in [0.29, 0.717) is 19.3 Å². The van der Waals surface area contributed by atoms with Crippen molar-refractivity contribution in [3.8, 4) is 0 Å². The van der Waals surface area contributed by atoms with Crippen LogP contribution in [0.3, 0.4) is 0 Å². The van der Waals surface area contributed by atoms with E-state index in [1.165, 1.54) is 16.8 Å². The molecule has 1 fully saturated rings. The van der Waals surface area contributed by atoms with Gasteiger partial charge in [0.1, 0.15) is 0 Å². The molecule has 1 aromatic carbocycles. The number of nitrogens with zero attached hydrogens (tertiary/aromatic N) is 1. The number of hydrogen-bond donors (Lipinski definition) is 1. The molecule has 1 aromatic rings. The van der Waals surface area contributed by atoms with Gasteiger partial charge in [-0.3, -0.25) is 0 Å². The third kappa shape index (κ3) is 2.93. The molecule has 0 unspecified atom stereocenters.